The molecule has 128 valence electrons. The van der Waals surface area contributed by atoms with Gasteiger partial charge in [-0.05, 0) is 24.3 Å². The van der Waals surface area contributed by atoms with Crippen molar-refractivity contribution in [1.29, 1.82) is 0 Å². The number of carbonyl (C=O) groups excluding carboxylic acids is 1. The highest BCUT2D eigenvalue weighted by Crippen LogP contribution is 2.19. The van der Waals surface area contributed by atoms with E-state index in [9.17, 15) is 4.79 Å². The van der Waals surface area contributed by atoms with Crippen molar-refractivity contribution in [3.05, 3.63) is 48.0 Å². The molecule has 3 nitrogen and oxygen atoms in total. The zero-order valence-electron chi connectivity index (χ0n) is 14.7. The van der Waals surface area contributed by atoms with Crippen LogP contribution in [0.1, 0.15) is 52.0 Å². The number of hydrogen-bond donors (Lipinski definition) is 0. The van der Waals surface area contributed by atoms with Gasteiger partial charge in [0.1, 0.15) is 6.10 Å². The monoisotopic (exact) mass is 318 g/mol. The number of carbonyl (C=O) groups is 1. The van der Waals surface area contributed by atoms with Gasteiger partial charge < -0.3 is 9.47 Å². The summed E-state index contributed by atoms with van der Waals surface area (Å²) in [4.78, 5) is 11.1. The van der Waals surface area contributed by atoms with Crippen molar-refractivity contribution in [3.63, 3.8) is 0 Å². The Morgan fingerprint density at radius 1 is 1.22 bits per heavy atom. The minimum absolute atomic E-state index is 0.0394. The number of benzene rings is 1. The lowest BCUT2D eigenvalue weighted by atomic mass is 9.97. The fraction of sp³-hybridized carbons (Fsp3) is 0.550. The largest absolute Gasteiger partial charge is 0.462 e. The highest BCUT2D eigenvalue weighted by Gasteiger charge is 2.14. The van der Waals surface area contributed by atoms with Crippen LogP contribution in [-0.2, 0) is 20.9 Å². The van der Waals surface area contributed by atoms with Gasteiger partial charge in [0.05, 0.1) is 6.61 Å². The van der Waals surface area contributed by atoms with Gasteiger partial charge in [0.15, 0.2) is 0 Å². The number of ether oxygens (including phenoxy) is 2. The molecule has 1 aromatic rings. The molecule has 0 fully saturated rings. The van der Waals surface area contributed by atoms with Crippen molar-refractivity contribution in [2.24, 2.45) is 5.92 Å². The maximum atomic E-state index is 11.1. The fourth-order valence-corrected chi connectivity index (χ4v) is 2.67. The highest BCUT2D eigenvalue weighted by molar-refractivity contribution is 5.66. The molecular formula is C20H30O3. The quantitative estimate of drug-likeness (QED) is 0.430. The minimum Gasteiger partial charge on any atom is -0.462 e. The summed E-state index contributed by atoms with van der Waals surface area (Å²) in [7, 11) is 0. The standard InChI is InChI=1S/C20H30O3/c1-5-9-20(23-18(4)21)13-16(2)12-17(3)14-22-15-19-10-7-6-8-11-19/h6-8,10-11,17,20H,2,5,9,12-15H2,1,3-4H3/t17-,20-/m1/s1. The molecule has 0 amide bonds. The van der Waals surface area contributed by atoms with Gasteiger partial charge in [0.2, 0.25) is 0 Å². The Bertz CT molecular complexity index is 467. The molecule has 0 aromatic heterocycles. The van der Waals surface area contributed by atoms with E-state index in [-0.39, 0.29) is 12.1 Å². The summed E-state index contributed by atoms with van der Waals surface area (Å²) in [6.45, 7) is 11.2. The van der Waals surface area contributed by atoms with Crippen LogP contribution in [0.5, 0.6) is 0 Å². The lowest BCUT2D eigenvalue weighted by Crippen LogP contribution is -2.17. The van der Waals surface area contributed by atoms with Gasteiger partial charge in [-0.2, -0.15) is 0 Å². The summed E-state index contributed by atoms with van der Waals surface area (Å²) < 4.78 is 11.1. The minimum atomic E-state index is -0.213. The summed E-state index contributed by atoms with van der Waals surface area (Å²) in [5.74, 6) is 0.196. The first-order chi connectivity index (χ1) is 11.0. The van der Waals surface area contributed by atoms with Gasteiger partial charge in [-0.15, -0.1) is 0 Å². The van der Waals surface area contributed by atoms with Crippen LogP contribution in [-0.4, -0.2) is 18.7 Å². The maximum absolute atomic E-state index is 11.1. The molecule has 0 unspecified atom stereocenters. The van der Waals surface area contributed by atoms with Crippen LogP contribution in [0.25, 0.3) is 0 Å². The summed E-state index contributed by atoms with van der Waals surface area (Å²) in [6, 6.07) is 10.2. The van der Waals surface area contributed by atoms with Crippen LogP contribution >= 0.6 is 0 Å². The second-order valence-corrected chi connectivity index (χ2v) is 6.28. The third kappa shape index (κ3) is 9.19. The van der Waals surface area contributed by atoms with Gasteiger partial charge in [0.25, 0.3) is 0 Å². The summed E-state index contributed by atoms with van der Waals surface area (Å²) in [5.41, 5.74) is 2.32. The van der Waals surface area contributed by atoms with Crippen LogP contribution in [0, 0.1) is 5.92 Å². The lowest BCUT2D eigenvalue weighted by molar-refractivity contribution is -0.146. The van der Waals surface area contributed by atoms with Crippen LogP contribution in [0.4, 0.5) is 0 Å². The van der Waals surface area contributed by atoms with Crippen LogP contribution in [0.2, 0.25) is 0 Å². The second kappa shape index (κ2) is 11.0. The van der Waals surface area contributed by atoms with Gasteiger partial charge in [0, 0.05) is 20.0 Å². The van der Waals surface area contributed by atoms with Crippen molar-refractivity contribution < 1.29 is 14.3 Å². The molecular weight excluding hydrogens is 288 g/mol. The van der Waals surface area contributed by atoms with Crippen molar-refractivity contribution in [2.75, 3.05) is 6.61 Å². The maximum Gasteiger partial charge on any atom is 0.302 e. The lowest BCUT2D eigenvalue weighted by Gasteiger charge is -2.19. The summed E-state index contributed by atoms with van der Waals surface area (Å²) >= 11 is 0. The first kappa shape index (κ1) is 19.4. The molecule has 2 atom stereocenters. The van der Waals surface area contributed by atoms with E-state index in [0.717, 1.165) is 31.3 Å². The number of rotatable bonds is 11. The smallest absolute Gasteiger partial charge is 0.302 e. The Hall–Kier alpha value is -1.61. The van der Waals surface area contributed by atoms with Gasteiger partial charge >= 0.3 is 5.97 Å². The van der Waals surface area contributed by atoms with Gasteiger partial charge in [-0.25, -0.2) is 0 Å². The molecule has 0 heterocycles. The summed E-state index contributed by atoms with van der Waals surface area (Å²) in [6.07, 6.45) is 3.49. The molecule has 0 N–H and O–H groups in total. The number of hydrogen-bond acceptors (Lipinski definition) is 3. The summed E-state index contributed by atoms with van der Waals surface area (Å²) in [5, 5.41) is 0. The van der Waals surface area contributed by atoms with Crippen molar-refractivity contribution >= 4 is 5.97 Å². The topological polar surface area (TPSA) is 35.5 Å². The van der Waals surface area contributed by atoms with E-state index in [1.165, 1.54) is 12.5 Å². The van der Waals surface area contributed by atoms with Crippen LogP contribution < -0.4 is 0 Å². The fourth-order valence-electron chi connectivity index (χ4n) is 2.67. The second-order valence-electron chi connectivity index (χ2n) is 6.28. The Morgan fingerprint density at radius 3 is 2.52 bits per heavy atom. The molecule has 0 saturated carbocycles. The third-order valence-electron chi connectivity index (χ3n) is 3.61. The normalized spacial score (nSPS) is 13.3. The molecule has 0 aliphatic heterocycles. The Morgan fingerprint density at radius 2 is 1.91 bits per heavy atom. The average Bonchev–Trinajstić information content (AvgIpc) is 2.47. The van der Waals surface area contributed by atoms with Crippen LogP contribution in [0.3, 0.4) is 0 Å². The van der Waals surface area contributed by atoms with Crippen LogP contribution in [0.15, 0.2) is 42.5 Å². The first-order valence-electron chi connectivity index (χ1n) is 8.46. The highest BCUT2D eigenvalue weighted by atomic mass is 16.5. The molecule has 0 bridgehead atoms. The molecule has 23 heavy (non-hydrogen) atoms. The molecule has 0 aliphatic rings. The molecule has 0 aliphatic carbocycles. The predicted molar refractivity (Wildman–Crippen MR) is 94.1 cm³/mol. The van der Waals surface area contributed by atoms with E-state index >= 15 is 0 Å². The van der Waals surface area contributed by atoms with Gasteiger partial charge in [-0.1, -0.05) is 62.8 Å². The van der Waals surface area contributed by atoms with E-state index in [1.54, 1.807) is 0 Å². The Balaban J connectivity index is 2.27. The average molecular weight is 318 g/mol. The Kier molecular flexibility index (Phi) is 9.30. The first-order valence-corrected chi connectivity index (χ1v) is 8.46. The van der Waals surface area contributed by atoms with E-state index in [1.807, 2.05) is 18.2 Å². The SMILES string of the molecule is C=C(C[C@@H](C)COCc1ccccc1)C[C@@H](CCC)OC(C)=O. The van der Waals surface area contributed by atoms with Gasteiger partial charge in [-0.3, -0.25) is 4.79 Å². The zero-order valence-corrected chi connectivity index (χ0v) is 14.7. The number of esters is 1. The molecule has 3 heteroatoms. The van der Waals surface area contributed by atoms with Crippen molar-refractivity contribution in [1.82, 2.24) is 0 Å². The van der Waals surface area contributed by atoms with E-state index in [4.69, 9.17) is 9.47 Å². The molecule has 0 spiro atoms. The van der Waals surface area contributed by atoms with E-state index in [0.29, 0.717) is 19.1 Å². The Labute approximate surface area is 140 Å². The third-order valence-corrected chi connectivity index (χ3v) is 3.61. The van der Waals surface area contributed by atoms with Crippen molar-refractivity contribution in [2.45, 2.75) is 59.2 Å². The zero-order chi connectivity index (χ0) is 17.1. The molecule has 1 rings (SSSR count). The molecule has 0 radical (unpaired) electrons. The molecule has 1 aromatic carbocycles. The van der Waals surface area contributed by atoms with Crippen molar-refractivity contribution in [3.8, 4) is 0 Å². The predicted octanol–water partition coefficient (Wildman–Crippen LogP) is 4.91. The van der Waals surface area contributed by atoms with E-state index in [2.05, 4.69) is 32.6 Å². The van der Waals surface area contributed by atoms with E-state index < -0.39 is 0 Å². The molecule has 0 saturated heterocycles.